The van der Waals surface area contributed by atoms with E-state index in [1.54, 1.807) is 0 Å². The van der Waals surface area contributed by atoms with Crippen LogP contribution < -0.4 is 15.4 Å². The Morgan fingerprint density at radius 3 is 2.50 bits per heavy atom. The molecule has 0 amide bonds. The van der Waals surface area contributed by atoms with E-state index in [4.69, 9.17) is 17.0 Å². The van der Waals surface area contributed by atoms with E-state index in [0.29, 0.717) is 11.2 Å². The van der Waals surface area contributed by atoms with Crippen molar-refractivity contribution in [3.05, 3.63) is 59.9 Å². The van der Waals surface area contributed by atoms with E-state index in [1.807, 2.05) is 48.2 Å². The number of hydrogen-bond donors (Lipinski definition) is 2. The Balaban J connectivity index is 1.27. The largest absolute Gasteiger partial charge is 0.490 e. The highest BCUT2D eigenvalue weighted by atomic mass is 32.2. The maximum Gasteiger partial charge on any atom is 0.170 e. The summed E-state index contributed by atoms with van der Waals surface area (Å²) in [7, 11) is 0. The average Bonchev–Trinajstić information content (AvgIpc) is 3.20. The molecular weight excluding hydrogens is 391 g/mol. The third kappa shape index (κ3) is 7.32. The lowest BCUT2D eigenvalue weighted by molar-refractivity contribution is 0.210. The zero-order valence-corrected chi connectivity index (χ0v) is 17.6. The highest BCUT2D eigenvalue weighted by molar-refractivity contribution is 7.98. The van der Waals surface area contributed by atoms with Gasteiger partial charge in [0.1, 0.15) is 11.6 Å². The van der Waals surface area contributed by atoms with Crippen molar-refractivity contribution >= 4 is 34.8 Å². The predicted octanol–water partition coefficient (Wildman–Crippen LogP) is 5.76. The van der Waals surface area contributed by atoms with Crippen LogP contribution in [0.5, 0.6) is 5.75 Å². The molecule has 1 aliphatic carbocycles. The molecule has 0 aromatic heterocycles. The van der Waals surface area contributed by atoms with Gasteiger partial charge in [0.15, 0.2) is 5.11 Å². The molecule has 3 rings (SSSR count). The maximum absolute atomic E-state index is 12.9. The molecule has 6 heteroatoms. The molecule has 1 aliphatic rings. The summed E-state index contributed by atoms with van der Waals surface area (Å²) in [6, 6.07) is 14.7. The number of rotatable bonds is 9. The highest BCUT2D eigenvalue weighted by Crippen LogP contribution is 2.25. The molecule has 0 atom stereocenters. The Morgan fingerprint density at radius 1 is 1.07 bits per heavy atom. The van der Waals surface area contributed by atoms with Crippen LogP contribution in [0.3, 0.4) is 0 Å². The minimum atomic E-state index is -0.185. The van der Waals surface area contributed by atoms with Crippen LogP contribution in [-0.2, 0) is 5.75 Å². The minimum Gasteiger partial charge on any atom is -0.490 e. The summed E-state index contributed by atoms with van der Waals surface area (Å²) in [5.74, 6) is 2.67. The zero-order valence-electron chi connectivity index (χ0n) is 16.0. The molecule has 0 saturated heterocycles. The molecule has 0 unspecified atom stereocenters. The summed E-state index contributed by atoms with van der Waals surface area (Å²) in [4.78, 5) is 0. The van der Waals surface area contributed by atoms with Crippen molar-refractivity contribution in [2.24, 2.45) is 0 Å². The van der Waals surface area contributed by atoms with Gasteiger partial charge < -0.3 is 15.4 Å². The van der Waals surface area contributed by atoms with E-state index in [2.05, 4.69) is 10.6 Å². The Morgan fingerprint density at radius 2 is 1.79 bits per heavy atom. The Kier molecular flexibility index (Phi) is 8.42. The van der Waals surface area contributed by atoms with E-state index in [9.17, 15) is 4.39 Å². The van der Waals surface area contributed by atoms with Crippen molar-refractivity contribution in [2.75, 3.05) is 17.6 Å². The van der Waals surface area contributed by atoms with Gasteiger partial charge in [-0.15, -0.1) is 0 Å². The SMILES string of the molecule is Fc1ccc(CSCCCNC(=S)Nc2ccc(OC3CCCC3)cc2)cc1. The predicted molar refractivity (Wildman–Crippen MR) is 121 cm³/mol. The van der Waals surface area contributed by atoms with E-state index >= 15 is 0 Å². The number of halogens is 1. The summed E-state index contributed by atoms with van der Waals surface area (Å²) < 4.78 is 18.8. The molecule has 0 spiro atoms. The van der Waals surface area contributed by atoms with Gasteiger partial charge in [-0.3, -0.25) is 0 Å². The van der Waals surface area contributed by atoms with Crippen LogP contribution in [0.4, 0.5) is 10.1 Å². The molecular formula is C22H27FN2OS2. The second kappa shape index (κ2) is 11.3. The molecule has 0 heterocycles. The number of benzene rings is 2. The van der Waals surface area contributed by atoms with Crippen LogP contribution in [-0.4, -0.2) is 23.5 Å². The molecule has 150 valence electrons. The van der Waals surface area contributed by atoms with Crippen molar-refractivity contribution in [2.45, 2.75) is 44.0 Å². The molecule has 28 heavy (non-hydrogen) atoms. The number of anilines is 1. The van der Waals surface area contributed by atoms with Crippen molar-refractivity contribution in [1.82, 2.24) is 5.32 Å². The van der Waals surface area contributed by atoms with Crippen LogP contribution in [0, 0.1) is 5.82 Å². The molecule has 0 radical (unpaired) electrons. The average molecular weight is 419 g/mol. The number of thiocarbonyl (C=S) groups is 1. The first-order chi connectivity index (χ1) is 13.7. The van der Waals surface area contributed by atoms with Crippen molar-refractivity contribution in [3.63, 3.8) is 0 Å². The van der Waals surface area contributed by atoms with Gasteiger partial charge in [0.25, 0.3) is 0 Å². The Labute approximate surface area is 176 Å². The van der Waals surface area contributed by atoms with E-state index in [-0.39, 0.29) is 5.82 Å². The lowest BCUT2D eigenvalue weighted by Crippen LogP contribution is -2.29. The quantitative estimate of drug-likeness (QED) is 0.400. The normalized spacial score (nSPS) is 14.0. The summed E-state index contributed by atoms with van der Waals surface area (Å²) in [6.45, 7) is 0.825. The molecule has 2 aromatic carbocycles. The number of thioether (sulfide) groups is 1. The van der Waals surface area contributed by atoms with Gasteiger partial charge in [0, 0.05) is 18.0 Å². The van der Waals surface area contributed by atoms with Crippen molar-refractivity contribution < 1.29 is 9.13 Å². The van der Waals surface area contributed by atoms with Gasteiger partial charge in [0.05, 0.1) is 6.10 Å². The molecule has 2 N–H and O–H groups in total. The lowest BCUT2D eigenvalue weighted by Gasteiger charge is -2.14. The van der Waals surface area contributed by atoms with Crippen LogP contribution in [0.15, 0.2) is 48.5 Å². The van der Waals surface area contributed by atoms with Crippen LogP contribution in [0.1, 0.15) is 37.7 Å². The molecule has 0 aliphatic heterocycles. The number of ether oxygens (including phenoxy) is 1. The number of nitrogens with one attached hydrogen (secondary N) is 2. The highest BCUT2D eigenvalue weighted by Gasteiger charge is 2.16. The maximum atomic E-state index is 12.9. The summed E-state index contributed by atoms with van der Waals surface area (Å²) >= 11 is 7.20. The molecule has 1 fully saturated rings. The first kappa shape index (κ1) is 20.9. The van der Waals surface area contributed by atoms with E-state index in [0.717, 1.165) is 54.3 Å². The smallest absolute Gasteiger partial charge is 0.170 e. The van der Waals surface area contributed by atoms with E-state index in [1.165, 1.54) is 25.0 Å². The van der Waals surface area contributed by atoms with Gasteiger partial charge >= 0.3 is 0 Å². The summed E-state index contributed by atoms with van der Waals surface area (Å²) in [5, 5.41) is 7.08. The third-order valence-corrected chi connectivity index (χ3v) is 6.01. The second-order valence-electron chi connectivity index (χ2n) is 6.96. The Bertz CT molecular complexity index is 731. The van der Waals surface area contributed by atoms with Crippen LogP contribution in [0.2, 0.25) is 0 Å². The van der Waals surface area contributed by atoms with Crippen molar-refractivity contribution in [3.8, 4) is 5.75 Å². The van der Waals surface area contributed by atoms with E-state index < -0.39 is 0 Å². The van der Waals surface area contributed by atoms with Gasteiger partial charge in [0.2, 0.25) is 0 Å². The zero-order chi connectivity index (χ0) is 19.6. The second-order valence-corrected chi connectivity index (χ2v) is 8.48. The van der Waals surface area contributed by atoms with Gasteiger partial charge in [-0.2, -0.15) is 11.8 Å². The summed E-state index contributed by atoms with van der Waals surface area (Å²) in [5.41, 5.74) is 2.11. The molecule has 0 bridgehead atoms. The van der Waals surface area contributed by atoms with Crippen LogP contribution >= 0.6 is 24.0 Å². The Hall–Kier alpha value is -1.79. The third-order valence-electron chi connectivity index (χ3n) is 4.65. The van der Waals surface area contributed by atoms with Gasteiger partial charge in [-0.1, -0.05) is 12.1 Å². The number of hydrogen-bond acceptors (Lipinski definition) is 3. The summed E-state index contributed by atoms with van der Waals surface area (Å²) in [6.07, 6.45) is 6.26. The molecule has 3 nitrogen and oxygen atoms in total. The fourth-order valence-corrected chi connectivity index (χ4v) is 4.28. The van der Waals surface area contributed by atoms with Crippen molar-refractivity contribution in [1.29, 1.82) is 0 Å². The first-order valence-corrected chi connectivity index (χ1v) is 11.4. The van der Waals surface area contributed by atoms with Gasteiger partial charge in [-0.05, 0) is 92.0 Å². The van der Waals surface area contributed by atoms with Crippen LogP contribution in [0.25, 0.3) is 0 Å². The first-order valence-electron chi connectivity index (χ1n) is 9.83. The molecule has 1 saturated carbocycles. The van der Waals surface area contributed by atoms with Gasteiger partial charge in [-0.25, -0.2) is 4.39 Å². The topological polar surface area (TPSA) is 33.3 Å². The fraction of sp³-hybridized carbons (Fsp3) is 0.409. The minimum absolute atomic E-state index is 0.185. The molecule has 2 aromatic rings. The standard InChI is InChI=1S/C22H27FN2OS2/c23-18-8-6-17(7-9-18)16-28-15-3-14-24-22(27)25-19-10-12-21(13-11-19)26-20-4-1-2-5-20/h6-13,20H,1-5,14-16H2,(H2,24,25,27). The monoisotopic (exact) mass is 418 g/mol. The fourth-order valence-electron chi connectivity index (χ4n) is 3.14. The lowest BCUT2D eigenvalue weighted by atomic mass is 10.2.